The van der Waals surface area contributed by atoms with Crippen LogP contribution in [-0.4, -0.2) is 17.6 Å². The number of aromatic nitrogens is 1. The number of aliphatic imine (C=N–C) groups is 1. The molecule has 27 heavy (non-hydrogen) atoms. The first-order valence-electron chi connectivity index (χ1n) is 7.90. The highest BCUT2D eigenvalue weighted by Gasteiger charge is 2.30. The van der Waals surface area contributed by atoms with Crippen LogP contribution in [-0.2, 0) is 0 Å². The summed E-state index contributed by atoms with van der Waals surface area (Å²) in [6.07, 6.45) is 1.75. The summed E-state index contributed by atoms with van der Waals surface area (Å²) in [5.41, 5.74) is 12.8. The summed E-state index contributed by atoms with van der Waals surface area (Å²) in [5, 5.41) is 23.4. The summed E-state index contributed by atoms with van der Waals surface area (Å²) >= 11 is 0. The maximum absolute atomic E-state index is 14.1. The van der Waals surface area contributed by atoms with Gasteiger partial charge in [-0.25, -0.2) is 14.4 Å². The number of hydrogen-bond acceptors (Lipinski definition) is 9. The molecule has 0 radical (unpaired) electrons. The number of nitriles is 2. The average Bonchev–Trinajstić information content (AvgIpc) is 2.61. The first-order chi connectivity index (χ1) is 13.0. The molecule has 1 unspecified atom stereocenters. The van der Waals surface area contributed by atoms with E-state index in [1.807, 2.05) is 6.07 Å². The van der Waals surface area contributed by atoms with Crippen molar-refractivity contribution in [2.24, 2.45) is 4.99 Å². The highest BCUT2D eigenvalue weighted by molar-refractivity contribution is 5.98. The zero-order chi connectivity index (χ0) is 19.6. The second kappa shape index (κ2) is 7.06. The molecule has 1 atom stereocenters. The van der Waals surface area contributed by atoms with Crippen molar-refractivity contribution in [2.45, 2.75) is 13.0 Å². The molecule has 9 nitrogen and oxygen atoms in total. The van der Waals surface area contributed by atoms with E-state index in [9.17, 15) is 9.65 Å². The normalized spacial score (nSPS) is 14.8. The lowest BCUT2D eigenvalue weighted by Crippen LogP contribution is -2.32. The fraction of sp³-hybridized carbons (Fsp3) is 0.176. The molecule has 1 aromatic heterocycles. The Morgan fingerprint density at radius 3 is 2.78 bits per heavy atom. The number of hydrogen-bond donors (Lipinski definition) is 4. The predicted molar refractivity (Wildman–Crippen MR) is 97.0 cm³/mol. The van der Waals surface area contributed by atoms with Crippen LogP contribution in [0.1, 0.15) is 29.7 Å². The van der Waals surface area contributed by atoms with Crippen molar-refractivity contribution in [1.29, 1.82) is 10.5 Å². The maximum Gasteiger partial charge on any atom is 0.211 e. The van der Waals surface area contributed by atoms with E-state index in [0.717, 1.165) is 0 Å². The number of anilines is 3. The molecule has 136 valence electrons. The van der Waals surface area contributed by atoms with E-state index >= 15 is 0 Å². The first kappa shape index (κ1) is 17.8. The largest absolute Gasteiger partial charge is 0.494 e. The fourth-order valence-electron chi connectivity index (χ4n) is 2.81. The Kier molecular flexibility index (Phi) is 4.64. The summed E-state index contributed by atoms with van der Waals surface area (Å²) in [6, 6.07) is 5.22. The lowest BCUT2D eigenvalue weighted by atomic mass is 9.95. The molecule has 0 bridgehead atoms. The van der Waals surface area contributed by atoms with Gasteiger partial charge in [-0.2, -0.15) is 10.5 Å². The molecule has 10 heteroatoms. The van der Waals surface area contributed by atoms with Gasteiger partial charge in [0.1, 0.15) is 40.9 Å². The Balaban J connectivity index is 2.24. The van der Waals surface area contributed by atoms with Crippen molar-refractivity contribution >= 4 is 23.3 Å². The molecule has 0 amide bonds. The van der Waals surface area contributed by atoms with Crippen LogP contribution in [0.2, 0.25) is 0 Å². The van der Waals surface area contributed by atoms with Gasteiger partial charge in [0.15, 0.2) is 6.19 Å². The highest BCUT2D eigenvalue weighted by Crippen LogP contribution is 2.41. The van der Waals surface area contributed by atoms with E-state index in [0.29, 0.717) is 23.5 Å². The number of benzene rings is 1. The third kappa shape index (κ3) is 3.24. The van der Waals surface area contributed by atoms with Gasteiger partial charge in [0, 0.05) is 11.6 Å². The van der Waals surface area contributed by atoms with Crippen molar-refractivity contribution in [2.75, 3.05) is 23.4 Å². The summed E-state index contributed by atoms with van der Waals surface area (Å²) < 4.78 is 19.5. The van der Waals surface area contributed by atoms with Gasteiger partial charge >= 0.3 is 0 Å². The van der Waals surface area contributed by atoms with Crippen LogP contribution in [0.25, 0.3) is 0 Å². The van der Waals surface area contributed by atoms with E-state index < -0.39 is 11.9 Å². The summed E-state index contributed by atoms with van der Waals surface area (Å²) in [7, 11) is 0. The molecule has 0 aliphatic carbocycles. The minimum absolute atomic E-state index is 0.00822. The zero-order valence-corrected chi connectivity index (χ0v) is 14.2. The van der Waals surface area contributed by atoms with Gasteiger partial charge in [-0.05, 0) is 24.6 Å². The van der Waals surface area contributed by atoms with Gasteiger partial charge < -0.3 is 21.5 Å². The molecule has 1 aromatic carbocycles. The van der Waals surface area contributed by atoms with Gasteiger partial charge in [0.2, 0.25) is 5.96 Å². The van der Waals surface area contributed by atoms with Crippen LogP contribution in [0.4, 0.5) is 21.7 Å². The minimum atomic E-state index is -0.827. The number of nitrogen functional groups attached to an aromatic ring is 2. The van der Waals surface area contributed by atoms with Gasteiger partial charge in [0.25, 0.3) is 0 Å². The molecule has 0 saturated carbocycles. The van der Waals surface area contributed by atoms with Gasteiger partial charge in [0.05, 0.1) is 12.3 Å². The molecule has 2 aromatic rings. The topological polar surface area (TPSA) is 158 Å². The second-order valence-electron chi connectivity index (χ2n) is 5.56. The fourth-order valence-corrected chi connectivity index (χ4v) is 2.81. The Hall–Kier alpha value is -4.05. The molecular formula is C17H15FN8O. The van der Waals surface area contributed by atoms with Crippen molar-refractivity contribution in [1.82, 2.24) is 10.3 Å². The minimum Gasteiger partial charge on any atom is -0.494 e. The van der Waals surface area contributed by atoms with E-state index in [1.165, 1.54) is 12.1 Å². The monoisotopic (exact) mass is 366 g/mol. The second-order valence-corrected chi connectivity index (χ2v) is 5.56. The third-order valence-electron chi connectivity index (χ3n) is 3.88. The van der Waals surface area contributed by atoms with E-state index in [-0.39, 0.29) is 28.8 Å². The van der Waals surface area contributed by atoms with Crippen LogP contribution < -0.4 is 26.8 Å². The summed E-state index contributed by atoms with van der Waals surface area (Å²) in [5.74, 6) is 0.0493. The number of halogens is 1. The summed E-state index contributed by atoms with van der Waals surface area (Å²) in [4.78, 5) is 8.51. The molecule has 1 aliphatic heterocycles. The lowest BCUT2D eigenvalue weighted by molar-refractivity contribution is 0.337. The standard InChI is InChI=1S/C17H15FN8O/c1-2-27-10-4-8(3-9(18)5-10)14-12-13(21)11(6-19)15(22)25-16(12)26-17(24-14)23-7-20/h3-5,14H,2H2,1H3,(H6,21,22,23,24,25,26). The van der Waals surface area contributed by atoms with Crippen LogP contribution in [0.15, 0.2) is 23.2 Å². The lowest BCUT2D eigenvalue weighted by Gasteiger charge is -2.26. The van der Waals surface area contributed by atoms with E-state index in [4.69, 9.17) is 21.5 Å². The Morgan fingerprint density at radius 1 is 1.33 bits per heavy atom. The average molecular weight is 366 g/mol. The van der Waals surface area contributed by atoms with Crippen molar-refractivity contribution in [3.05, 3.63) is 40.7 Å². The van der Waals surface area contributed by atoms with Gasteiger partial charge in [-0.15, -0.1) is 0 Å². The highest BCUT2D eigenvalue weighted by atomic mass is 19.1. The van der Waals surface area contributed by atoms with Gasteiger partial charge in [-0.3, -0.25) is 5.32 Å². The molecule has 2 heterocycles. The maximum atomic E-state index is 14.1. The van der Waals surface area contributed by atoms with Crippen molar-refractivity contribution in [3.63, 3.8) is 0 Å². The Morgan fingerprint density at radius 2 is 2.11 bits per heavy atom. The van der Waals surface area contributed by atoms with Crippen molar-refractivity contribution in [3.8, 4) is 18.0 Å². The van der Waals surface area contributed by atoms with E-state index in [2.05, 4.69) is 20.6 Å². The number of nitrogens with zero attached hydrogens (tertiary/aromatic N) is 4. The number of rotatable bonds is 3. The predicted octanol–water partition coefficient (Wildman–Crippen LogP) is 1.60. The zero-order valence-electron chi connectivity index (χ0n) is 14.2. The molecule has 3 rings (SSSR count). The number of fused-ring (bicyclic) bond motifs is 1. The molecule has 0 saturated heterocycles. The van der Waals surface area contributed by atoms with Gasteiger partial charge in [-0.1, -0.05) is 0 Å². The van der Waals surface area contributed by atoms with Crippen LogP contribution in [0, 0.1) is 28.6 Å². The molecule has 6 N–H and O–H groups in total. The Labute approximate surface area is 154 Å². The molecule has 0 fully saturated rings. The number of nitrogens with two attached hydrogens (primary N) is 2. The summed E-state index contributed by atoms with van der Waals surface area (Å²) in [6.45, 7) is 2.14. The smallest absolute Gasteiger partial charge is 0.211 e. The molecule has 0 spiro atoms. The number of pyridine rings is 1. The van der Waals surface area contributed by atoms with Crippen molar-refractivity contribution < 1.29 is 9.13 Å². The number of ether oxygens (including phenoxy) is 1. The molecular weight excluding hydrogens is 351 g/mol. The van der Waals surface area contributed by atoms with Crippen LogP contribution in [0.5, 0.6) is 5.75 Å². The SMILES string of the molecule is CCOc1cc(F)cc(C2N=C(NC#N)Nc3nc(N)c(C#N)c(N)c32)c1. The van der Waals surface area contributed by atoms with Crippen LogP contribution >= 0.6 is 0 Å². The Bertz CT molecular complexity index is 1020. The first-order valence-corrected chi connectivity index (χ1v) is 7.90. The quantitative estimate of drug-likeness (QED) is 0.471. The molecule has 1 aliphatic rings. The van der Waals surface area contributed by atoms with E-state index in [1.54, 1.807) is 19.2 Å². The van der Waals surface area contributed by atoms with Crippen LogP contribution in [0.3, 0.4) is 0 Å². The number of guanidine groups is 1. The number of nitrogens with one attached hydrogen (secondary N) is 2. The third-order valence-corrected chi connectivity index (χ3v) is 3.88.